The van der Waals surface area contributed by atoms with E-state index in [0.29, 0.717) is 28.6 Å². The highest BCUT2D eigenvalue weighted by atomic mass is 35.5. The Kier molecular flexibility index (Phi) is 7.37. The number of rotatable bonds is 8. The Morgan fingerprint density at radius 1 is 1.06 bits per heavy atom. The maximum absolute atomic E-state index is 13.0. The molecule has 1 atom stereocenters. The van der Waals surface area contributed by atoms with Crippen molar-refractivity contribution < 1.29 is 22.3 Å². The molecule has 0 radical (unpaired) electrons. The van der Waals surface area contributed by atoms with Crippen LogP contribution in [0.3, 0.4) is 0 Å². The lowest BCUT2D eigenvalue weighted by Gasteiger charge is -2.17. The Morgan fingerprint density at radius 3 is 2.34 bits per heavy atom. The first-order valence-corrected chi connectivity index (χ1v) is 11.7. The highest BCUT2D eigenvalue weighted by Crippen LogP contribution is 2.24. The fourth-order valence-corrected chi connectivity index (χ4v) is 4.14. The van der Waals surface area contributed by atoms with Crippen molar-refractivity contribution >= 4 is 38.9 Å². The molecule has 1 amide bonds. The molecule has 168 valence electrons. The van der Waals surface area contributed by atoms with Crippen LogP contribution < -0.4 is 14.8 Å². The lowest BCUT2D eigenvalue weighted by atomic mass is 10.2. The predicted octanol–water partition coefficient (Wildman–Crippen LogP) is 5.38. The summed E-state index contributed by atoms with van der Waals surface area (Å²) in [6, 6.07) is 16.1. The molecule has 0 aliphatic rings. The topological polar surface area (TPSA) is 84.5 Å². The van der Waals surface area contributed by atoms with Crippen molar-refractivity contribution in [2.24, 2.45) is 0 Å². The third-order valence-corrected chi connectivity index (χ3v) is 6.25. The maximum atomic E-state index is 13.0. The van der Waals surface area contributed by atoms with Crippen molar-refractivity contribution in [1.82, 2.24) is 0 Å². The molecule has 0 bridgehead atoms. The number of nitrogens with one attached hydrogen (secondary N) is 2. The fraction of sp³-hybridized carbons (Fsp3) is 0.174. The third kappa shape index (κ3) is 5.99. The van der Waals surface area contributed by atoms with Crippen LogP contribution in [0.15, 0.2) is 71.6 Å². The van der Waals surface area contributed by atoms with Crippen LogP contribution in [-0.2, 0) is 14.8 Å². The van der Waals surface area contributed by atoms with E-state index in [-0.39, 0.29) is 4.90 Å². The van der Waals surface area contributed by atoms with Gasteiger partial charge in [-0.05, 0) is 79.6 Å². The van der Waals surface area contributed by atoms with Gasteiger partial charge in [0.05, 0.1) is 10.6 Å². The summed E-state index contributed by atoms with van der Waals surface area (Å²) in [5, 5.41) is 3.12. The van der Waals surface area contributed by atoms with Crippen LogP contribution in [0.2, 0.25) is 5.02 Å². The van der Waals surface area contributed by atoms with Gasteiger partial charge in [0.1, 0.15) is 11.6 Å². The van der Waals surface area contributed by atoms with Gasteiger partial charge >= 0.3 is 0 Å². The van der Waals surface area contributed by atoms with Gasteiger partial charge in [0, 0.05) is 10.7 Å². The van der Waals surface area contributed by atoms with E-state index in [4.69, 9.17) is 16.3 Å². The summed E-state index contributed by atoms with van der Waals surface area (Å²) in [5.74, 6) is -0.428. The van der Waals surface area contributed by atoms with Crippen LogP contribution in [0.4, 0.5) is 15.8 Å². The first kappa shape index (κ1) is 23.6. The minimum Gasteiger partial charge on any atom is -0.481 e. The van der Waals surface area contributed by atoms with Gasteiger partial charge in [0.25, 0.3) is 15.9 Å². The number of carbonyl (C=O) groups is 1. The maximum Gasteiger partial charge on any atom is 0.265 e. The summed E-state index contributed by atoms with van der Waals surface area (Å²) in [6.45, 7) is 3.55. The quantitative estimate of drug-likeness (QED) is 0.457. The van der Waals surface area contributed by atoms with Gasteiger partial charge in [0.2, 0.25) is 0 Å². The minimum absolute atomic E-state index is 0.0319. The van der Waals surface area contributed by atoms with E-state index >= 15 is 0 Å². The molecule has 0 heterocycles. The number of amides is 1. The smallest absolute Gasteiger partial charge is 0.265 e. The van der Waals surface area contributed by atoms with Gasteiger partial charge in [0.15, 0.2) is 6.10 Å². The molecular weight excluding hydrogens is 455 g/mol. The number of hydrogen-bond donors (Lipinski definition) is 2. The molecule has 3 rings (SSSR count). The number of anilines is 2. The standard InChI is InChI=1S/C23H22ClFN2O4S/c1-3-22(31-19-10-6-17(25)7-11-19)23(28)26-18-8-12-20(13-9-18)32(29,30)27-21-14-16(24)5-4-15(21)2/h4-14,22,27H,3H2,1-2H3,(H,26,28)/t22-/m0/s1. The summed E-state index contributed by atoms with van der Waals surface area (Å²) in [5.41, 5.74) is 1.53. The van der Waals surface area contributed by atoms with Crippen molar-refractivity contribution in [3.63, 3.8) is 0 Å². The van der Waals surface area contributed by atoms with E-state index < -0.39 is 27.9 Å². The summed E-state index contributed by atoms with van der Waals surface area (Å²) in [7, 11) is -3.84. The third-order valence-electron chi connectivity index (χ3n) is 4.63. The molecule has 9 heteroatoms. The molecule has 0 spiro atoms. The molecule has 2 N–H and O–H groups in total. The van der Waals surface area contributed by atoms with Gasteiger partial charge in [-0.15, -0.1) is 0 Å². The Bertz CT molecular complexity index is 1200. The van der Waals surface area contributed by atoms with E-state index in [1.165, 1.54) is 54.6 Å². The molecular formula is C23H22ClFN2O4S. The zero-order valence-electron chi connectivity index (χ0n) is 17.4. The number of ether oxygens (including phenoxy) is 1. The largest absolute Gasteiger partial charge is 0.481 e. The van der Waals surface area contributed by atoms with Crippen molar-refractivity contribution in [2.75, 3.05) is 10.0 Å². The average molecular weight is 477 g/mol. The number of sulfonamides is 1. The van der Waals surface area contributed by atoms with Crippen molar-refractivity contribution in [2.45, 2.75) is 31.3 Å². The number of halogens is 2. The predicted molar refractivity (Wildman–Crippen MR) is 123 cm³/mol. The Hall–Kier alpha value is -3.10. The van der Waals surface area contributed by atoms with Gasteiger partial charge in [-0.2, -0.15) is 0 Å². The van der Waals surface area contributed by atoms with E-state index in [1.54, 1.807) is 26.0 Å². The van der Waals surface area contributed by atoms with E-state index in [1.807, 2.05) is 0 Å². The van der Waals surface area contributed by atoms with Gasteiger partial charge in [-0.1, -0.05) is 24.6 Å². The first-order chi connectivity index (χ1) is 15.2. The monoisotopic (exact) mass is 476 g/mol. The zero-order valence-corrected chi connectivity index (χ0v) is 19.0. The number of benzene rings is 3. The molecule has 0 saturated carbocycles. The number of carbonyl (C=O) groups excluding carboxylic acids is 1. The zero-order chi connectivity index (χ0) is 23.3. The van der Waals surface area contributed by atoms with Crippen LogP contribution in [0.1, 0.15) is 18.9 Å². The van der Waals surface area contributed by atoms with Crippen LogP contribution >= 0.6 is 11.6 Å². The second-order valence-corrected chi connectivity index (χ2v) is 9.17. The lowest BCUT2D eigenvalue weighted by Crippen LogP contribution is -2.32. The first-order valence-electron chi connectivity index (χ1n) is 9.80. The second-order valence-electron chi connectivity index (χ2n) is 7.05. The molecule has 0 aromatic heterocycles. The van der Waals surface area contributed by atoms with Crippen LogP contribution in [-0.4, -0.2) is 20.4 Å². The molecule has 0 fully saturated rings. The van der Waals surface area contributed by atoms with Gasteiger partial charge in [-0.3, -0.25) is 9.52 Å². The molecule has 0 aliphatic carbocycles. The summed E-state index contributed by atoms with van der Waals surface area (Å²) < 4.78 is 46.6. The van der Waals surface area contributed by atoms with E-state index in [9.17, 15) is 17.6 Å². The van der Waals surface area contributed by atoms with Crippen molar-refractivity contribution in [3.05, 3.63) is 83.1 Å². The number of hydrogen-bond acceptors (Lipinski definition) is 4. The second kappa shape index (κ2) is 10.0. The van der Waals surface area contributed by atoms with Gasteiger partial charge < -0.3 is 10.1 Å². The Balaban J connectivity index is 1.68. The molecule has 0 unspecified atom stereocenters. The SMILES string of the molecule is CC[C@H](Oc1ccc(F)cc1)C(=O)Nc1ccc(S(=O)(=O)Nc2cc(Cl)ccc2C)cc1. The molecule has 0 aliphatic heterocycles. The van der Waals surface area contributed by atoms with Gasteiger partial charge in [-0.25, -0.2) is 12.8 Å². The molecule has 3 aromatic carbocycles. The normalized spacial score (nSPS) is 12.1. The van der Waals surface area contributed by atoms with Crippen LogP contribution in [0.25, 0.3) is 0 Å². The summed E-state index contributed by atoms with van der Waals surface area (Å²) >= 11 is 5.95. The van der Waals surface area contributed by atoms with Crippen molar-refractivity contribution in [1.29, 1.82) is 0 Å². The average Bonchev–Trinajstić information content (AvgIpc) is 2.76. The Labute approximate surface area is 191 Å². The van der Waals surface area contributed by atoms with E-state index in [2.05, 4.69) is 10.0 Å². The molecule has 0 saturated heterocycles. The minimum atomic E-state index is -3.84. The molecule has 32 heavy (non-hydrogen) atoms. The highest BCUT2D eigenvalue weighted by Gasteiger charge is 2.20. The summed E-state index contributed by atoms with van der Waals surface area (Å²) in [6.07, 6.45) is -0.408. The summed E-state index contributed by atoms with van der Waals surface area (Å²) in [4.78, 5) is 12.6. The molecule has 6 nitrogen and oxygen atoms in total. The number of aryl methyl sites for hydroxylation is 1. The lowest BCUT2D eigenvalue weighted by molar-refractivity contribution is -0.122. The van der Waals surface area contributed by atoms with Crippen molar-refractivity contribution in [3.8, 4) is 5.75 Å². The molecule has 3 aromatic rings. The van der Waals surface area contributed by atoms with Crippen LogP contribution in [0.5, 0.6) is 5.75 Å². The van der Waals surface area contributed by atoms with Crippen LogP contribution in [0, 0.1) is 12.7 Å². The van der Waals surface area contributed by atoms with E-state index in [0.717, 1.165) is 5.56 Å². The highest BCUT2D eigenvalue weighted by molar-refractivity contribution is 7.92. The fourth-order valence-electron chi connectivity index (χ4n) is 2.85. The Morgan fingerprint density at radius 2 is 1.72 bits per heavy atom.